The van der Waals surface area contributed by atoms with Crippen molar-refractivity contribution in [3.63, 3.8) is 0 Å². The first-order valence-electron chi connectivity index (χ1n) is 6.91. The van der Waals surface area contributed by atoms with E-state index in [-0.39, 0.29) is 17.4 Å². The van der Waals surface area contributed by atoms with Gasteiger partial charge < -0.3 is 20.5 Å². The summed E-state index contributed by atoms with van der Waals surface area (Å²) >= 11 is 0. The summed E-state index contributed by atoms with van der Waals surface area (Å²) in [5, 5.41) is 9.34. The third-order valence-corrected chi connectivity index (χ3v) is 3.90. The maximum Gasteiger partial charge on any atom is 0.326 e. The highest BCUT2D eigenvalue weighted by Gasteiger charge is 2.35. The SMILES string of the molecule is COc1ccc(N)c(C(=O)N2CCC(C)CC2C(=O)O)c1. The van der Waals surface area contributed by atoms with E-state index in [1.54, 1.807) is 18.2 Å². The maximum atomic E-state index is 12.6. The number of nitrogens with two attached hydrogens (primary N) is 1. The number of nitrogens with zero attached hydrogens (tertiary/aromatic N) is 1. The van der Waals surface area contributed by atoms with Gasteiger partial charge >= 0.3 is 5.97 Å². The molecule has 0 spiro atoms. The van der Waals surface area contributed by atoms with Gasteiger partial charge in [0.2, 0.25) is 0 Å². The van der Waals surface area contributed by atoms with E-state index in [0.29, 0.717) is 24.4 Å². The van der Waals surface area contributed by atoms with Crippen LogP contribution in [0.4, 0.5) is 5.69 Å². The molecule has 1 fully saturated rings. The topological polar surface area (TPSA) is 92.9 Å². The molecule has 1 aliphatic rings. The summed E-state index contributed by atoms with van der Waals surface area (Å²) < 4.78 is 5.10. The number of ether oxygens (including phenoxy) is 1. The Hall–Kier alpha value is -2.24. The minimum absolute atomic E-state index is 0.287. The fourth-order valence-electron chi connectivity index (χ4n) is 2.62. The summed E-state index contributed by atoms with van der Waals surface area (Å²) in [6.45, 7) is 2.42. The van der Waals surface area contributed by atoms with Crippen LogP contribution in [0.2, 0.25) is 0 Å². The minimum atomic E-state index is -0.976. The fraction of sp³-hybridized carbons (Fsp3) is 0.467. The Balaban J connectivity index is 2.31. The first-order valence-corrected chi connectivity index (χ1v) is 6.91. The Morgan fingerprint density at radius 2 is 2.14 bits per heavy atom. The van der Waals surface area contributed by atoms with E-state index in [4.69, 9.17) is 10.5 Å². The molecule has 1 aromatic rings. The van der Waals surface area contributed by atoms with Gasteiger partial charge in [-0.1, -0.05) is 6.92 Å². The summed E-state index contributed by atoms with van der Waals surface area (Å²) in [4.78, 5) is 25.4. The quantitative estimate of drug-likeness (QED) is 0.825. The van der Waals surface area contributed by atoms with Crippen LogP contribution < -0.4 is 10.5 Å². The van der Waals surface area contributed by atoms with Gasteiger partial charge in [0.05, 0.1) is 12.7 Å². The molecule has 1 heterocycles. The number of carboxylic acids is 1. The van der Waals surface area contributed by atoms with E-state index in [0.717, 1.165) is 6.42 Å². The maximum absolute atomic E-state index is 12.6. The number of rotatable bonds is 3. The molecule has 114 valence electrons. The molecule has 0 radical (unpaired) electrons. The Morgan fingerprint density at radius 1 is 1.43 bits per heavy atom. The number of piperidine rings is 1. The van der Waals surface area contributed by atoms with Crippen LogP contribution in [0.15, 0.2) is 18.2 Å². The van der Waals surface area contributed by atoms with Crippen LogP contribution in [-0.2, 0) is 4.79 Å². The van der Waals surface area contributed by atoms with E-state index in [1.807, 2.05) is 6.92 Å². The highest BCUT2D eigenvalue weighted by molar-refractivity contribution is 6.01. The predicted octanol–water partition coefficient (Wildman–Crippen LogP) is 1.60. The molecule has 1 aromatic carbocycles. The lowest BCUT2D eigenvalue weighted by Crippen LogP contribution is -2.49. The summed E-state index contributed by atoms with van der Waals surface area (Å²) in [5.41, 5.74) is 6.46. The molecular weight excluding hydrogens is 272 g/mol. The normalized spacial score (nSPS) is 21.9. The standard InChI is InChI=1S/C15H20N2O4/c1-9-5-6-17(13(7-9)15(19)20)14(18)11-8-10(21-2)3-4-12(11)16/h3-4,8-9,13H,5-7,16H2,1-2H3,(H,19,20). The first kappa shape index (κ1) is 15.2. The number of likely N-dealkylation sites (tertiary alicyclic amines) is 1. The van der Waals surface area contributed by atoms with Gasteiger partial charge in [0.25, 0.3) is 5.91 Å². The molecule has 0 aromatic heterocycles. The van der Waals surface area contributed by atoms with Crippen molar-refractivity contribution in [2.45, 2.75) is 25.8 Å². The number of nitrogen functional groups attached to an aromatic ring is 1. The number of amides is 1. The van der Waals surface area contributed by atoms with Crippen molar-refractivity contribution in [3.8, 4) is 5.75 Å². The number of hydrogen-bond acceptors (Lipinski definition) is 4. The highest BCUT2D eigenvalue weighted by atomic mass is 16.5. The summed E-state index contributed by atoms with van der Waals surface area (Å²) in [6, 6.07) is 4.01. The van der Waals surface area contributed by atoms with Gasteiger partial charge in [-0.2, -0.15) is 0 Å². The lowest BCUT2D eigenvalue weighted by atomic mass is 9.91. The fourth-order valence-corrected chi connectivity index (χ4v) is 2.62. The molecule has 6 heteroatoms. The van der Waals surface area contributed by atoms with Crippen molar-refractivity contribution < 1.29 is 19.4 Å². The first-order chi connectivity index (χ1) is 9.93. The molecule has 21 heavy (non-hydrogen) atoms. The van der Waals surface area contributed by atoms with E-state index < -0.39 is 12.0 Å². The van der Waals surface area contributed by atoms with Gasteiger partial charge in [-0.05, 0) is 37.0 Å². The lowest BCUT2D eigenvalue weighted by Gasteiger charge is -2.36. The van der Waals surface area contributed by atoms with E-state index in [1.165, 1.54) is 12.0 Å². The number of methoxy groups -OCH3 is 1. The minimum Gasteiger partial charge on any atom is -0.497 e. The third-order valence-electron chi connectivity index (χ3n) is 3.90. The van der Waals surface area contributed by atoms with Crippen molar-refractivity contribution in [1.82, 2.24) is 4.90 Å². The molecule has 0 saturated carbocycles. The van der Waals surface area contributed by atoms with Crippen LogP contribution in [0.5, 0.6) is 5.75 Å². The van der Waals surface area contributed by atoms with Crippen LogP contribution in [0.25, 0.3) is 0 Å². The van der Waals surface area contributed by atoms with Gasteiger partial charge in [-0.25, -0.2) is 4.79 Å². The van der Waals surface area contributed by atoms with Gasteiger partial charge in [0.1, 0.15) is 11.8 Å². The van der Waals surface area contributed by atoms with E-state index in [2.05, 4.69) is 0 Å². The second-order valence-electron chi connectivity index (χ2n) is 5.44. The molecule has 2 unspecified atom stereocenters. The van der Waals surface area contributed by atoms with Gasteiger partial charge in [-0.3, -0.25) is 4.79 Å². The zero-order valence-corrected chi connectivity index (χ0v) is 12.2. The number of aliphatic carboxylic acids is 1. The average molecular weight is 292 g/mol. The predicted molar refractivity (Wildman–Crippen MR) is 78.3 cm³/mol. The lowest BCUT2D eigenvalue weighted by molar-refractivity contribution is -0.144. The van der Waals surface area contributed by atoms with Crippen LogP contribution >= 0.6 is 0 Å². The van der Waals surface area contributed by atoms with Gasteiger partial charge in [0, 0.05) is 12.2 Å². The van der Waals surface area contributed by atoms with Crippen molar-refractivity contribution in [2.24, 2.45) is 5.92 Å². The van der Waals surface area contributed by atoms with Crippen LogP contribution in [0, 0.1) is 5.92 Å². The zero-order valence-electron chi connectivity index (χ0n) is 12.2. The smallest absolute Gasteiger partial charge is 0.326 e. The van der Waals surface area contributed by atoms with Crippen molar-refractivity contribution in [1.29, 1.82) is 0 Å². The number of anilines is 1. The molecule has 1 amide bonds. The van der Waals surface area contributed by atoms with E-state index >= 15 is 0 Å². The molecule has 6 nitrogen and oxygen atoms in total. The molecule has 2 atom stereocenters. The Kier molecular flexibility index (Phi) is 4.35. The van der Waals surface area contributed by atoms with Gasteiger partial charge in [-0.15, -0.1) is 0 Å². The monoisotopic (exact) mass is 292 g/mol. The summed E-state index contributed by atoms with van der Waals surface area (Å²) in [6.07, 6.45) is 1.25. The van der Waals surface area contributed by atoms with Crippen LogP contribution in [-0.4, -0.2) is 41.6 Å². The Morgan fingerprint density at radius 3 is 2.76 bits per heavy atom. The summed E-state index contributed by atoms with van der Waals surface area (Å²) in [7, 11) is 1.50. The number of carboxylic acid groups (broad SMARTS) is 1. The number of hydrogen-bond donors (Lipinski definition) is 2. The van der Waals surface area contributed by atoms with Crippen LogP contribution in [0.3, 0.4) is 0 Å². The Bertz CT molecular complexity index is 559. The third kappa shape index (κ3) is 3.09. The molecule has 3 N–H and O–H groups in total. The molecular formula is C15H20N2O4. The highest BCUT2D eigenvalue weighted by Crippen LogP contribution is 2.27. The molecule has 2 rings (SSSR count). The zero-order chi connectivity index (χ0) is 15.6. The molecule has 0 aliphatic carbocycles. The molecule has 1 saturated heterocycles. The van der Waals surface area contributed by atoms with Crippen molar-refractivity contribution in [3.05, 3.63) is 23.8 Å². The van der Waals surface area contributed by atoms with Crippen molar-refractivity contribution in [2.75, 3.05) is 19.4 Å². The second kappa shape index (κ2) is 6.03. The number of benzene rings is 1. The number of carbonyl (C=O) groups is 2. The van der Waals surface area contributed by atoms with Gasteiger partial charge in [0.15, 0.2) is 0 Å². The Labute approximate surface area is 123 Å². The molecule has 1 aliphatic heterocycles. The molecule has 0 bridgehead atoms. The average Bonchev–Trinajstić information content (AvgIpc) is 2.47. The second-order valence-corrected chi connectivity index (χ2v) is 5.44. The number of carbonyl (C=O) groups excluding carboxylic acids is 1. The van der Waals surface area contributed by atoms with Crippen LogP contribution in [0.1, 0.15) is 30.1 Å². The largest absolute Gasteiger partial charge is 0.497 e. The van der Waals surface area contributed by atoms with E-state index in [9.17, 15) is 14.7 Å². The summed E-state index contributed by atoms with van der Waals surface area (Å²) in [5.74, 6) is -0.523. The van der Waals surface area contributed by atoms with Crippen molar-refractivity contribution >= 4 is 17.6 Å².